The summed E-state index contributed by atoms with van der Waals surface area (Å²) in [5.41, 5.74) is 1.38. The van der Waals surface area contributed by atoms with Gasteiger partial charge in [0.1, 0.15) is 0 Å². The minimum Gasteiger partial charge on any atom is -0.380 e. The Morgan fingerprint density at radius 1 is 1.11 bits per heavy atom. The minimum absolute atomic E-state index is 0.827. The Kier molecular flexibility index (Phi) is 9.33. The van der Waals surface area contributed by atoms with E-state index in [1.165, 1.54) is 12.0 Å². The largest absolute Gasteiger partial charge is 0.380 e. The van der Waals surface area contributed by atoms with E-state index in [0.717, 1.165) is 45.8 Å². The highest BCUT2D eigenvalue weighted by molar-refractivity contribution is 5.14. The molecule has 0 atom stereocenters. The number of ether oxygens (including phenoxy) is 1. The first-order chi connectivity index (χ1) is 9.33. The first kappa shape index (κ1) is 16.2. The van der Waals surface area contributed by atoms with E-state index in [2.05, 4.69) is 54.5 Å². The fourth-order valence-corrected chi connectivity index (χ4v) is 1.96. The third-order valence-corrected chi connectivity index (χ3v) is 2.96. The Labute approximate surface area is 118 Å². The molecule has 19 heavy (non-hydrogen) atoms. The van der Waals surface area contributed by atoms with Crippen molar-refractivity contribution in [3.05, 3.63) is 35.9 Å². The van der Waals surface area contributed by atoms with Gasteiger partial charge in [-0.15, -0.1) is 0 Å². The molecule has 0 radical (unpaired) electrons. The first-order valence-corrected chi connectivity index (χ1v) is 7.34. The fraction of sp³-hybridized carbons (Fsp3) is 0.625. The van der Waals surface area contributed by atoms with Gasteiger partial charge in [0.2, 0.25) is 0 Å². The Bertz CT molecular complexity index is 303. The highest BCUT2D eigenvalue weighted by atomic mass is 16.5. The summed E-state index contributed by atoms with van der Waals surface area (Å²) in [7, 11) is 2.18. The molecule has 1 aromatic rings. The summed E-state index contributed by atoms with van der Waals surface area (Å²) in [5.74, 6) is 0. The zero-order chi connectivity index (χ0) is 13.8. The third-order valence-electron chi connectivity index (χ3n) is 2.96. The summed E-state index contributed by atoms with van der Waals surface area (Å²) >= 11 is 0. The van der Waals surface area contributed by atoms with Crippen LogP contribution >= 0.6 is 0 Å². The maximum atomic E-state index is 5.42. The molecule has 3 heteroatoms. The van der Waals surface area contributed by atoms with Gasteiger partial charge >= 0.3 is 0 Å². The van der Waals surface area contributed by atoms with E-state index in [-0.39, 0.29) is 0 Å². The van der Waals surface area contributed by atoms with Gasteiger partial charge in [-0.2, -0.15) is 0 Å². The van der Waals surface area contributed by atoms with Gasteiger partial charge in [0.15, 0.2) is 0 Å². The highest BCUT2D eigenvalue weighted by Gasteiger charge is 1.99. The molecule has 0 bridgehead atoms. The zero-order valence-corrected chi connectivity index (χ0v) is 12.4. The van der Waals surface area contributed by atoms with Crippen LogP contribution in [-0.2, 0) is 11.3 Å². The number of benzene rings is 1. The van der Waals surface area contributed by atoms with Crippen LogP contribution in [0.3, 0.4) is 0 Å². The predicted octanol–water partition coefficient (Wildman–Crippen LogP) is 2.52. The van der Waals surface area contributed by atoms with E-state index in [4.69, 9.17) is 4.74 Å². The van der Waals surface area contributed by atoms with Crippen LogP contribution in [0.2, 0.25) is 0 Å². The minimum atomic E-state index is 0.827. The lowest BCUT2D eigenvalue weighted by Gasteiger charge is -2.16. The maximum absolute atomic E-state index is 5.42. The van der Waals surface area contributed by atoms with E-state index in [9.17, 15) is 0 Å². The van der Waals surface area contributed by atoms with Gasteiger partial charge in [0.25, 0.3) is 0 Å². The summed E-state index contributed by atoms with van der Waals surface area (Å²) in [6.45, 7) is 8.01. The van der Waals surface area contributed by atoms with Gasteiger partial charge in [-0.1, -0.05) is 37.3 Å². The van der Waals surface area contributed by atoms with Crippen molar-refractivity contribution in [3.8, 4) is 0 Å². The lowest BCUT2D eigenvalue weighted by atomic mass is 10.2. The van der Waals surface area contributed by atoms with Crippen molar-refractivity contribution >= 4 is 0 Å². The second kappa shape index (κ2) is 11.0. The van der Waals surface area contributed by atoms with Crippen LogP contribution in [0.1, 0.15) is 25.3 Å². The van der Waals surface area contributed by atoms with Crippen molar-refractivity contribution < 1.29 is 4.74 Å². The monoisotopic (exact) mass is 264 g/mol. The number of hydrogen-bond donors (Lipinski definition) is 1. The molecule has 0 spiro atoms. The van der Waals surface area contributed by atoms with E-state index < -0.39 is 0 Å². The Balaban J connectivity index is 1.94. The summed E-state index contributed by atoms with van der Waals surface area (Å²) in [6.07, 6.45) is 2.28. The highest BCUT2D eigenvalue weighted by Crippen LogP contribution is 2.02. The van der Waals surface area contributed by atoms with E-state index in [1.807, 2.05) is 0 Å². The molecule has 0 aliphatic heterocycles. The summed E-state index contributed by atoms with van der Waals surface area (Å²) in [4.78, 5) is 2.37. The second-order valence-corrected chi connectivity index (χ2v) is 4.94. The smallest absolute Gasteiger partial charge is 0.0590 e. The van der Waals surface area contributed by atoms with Crippen LogP contribution in [0.15, 0.2) is 30.3 Å². The van der Waals surface area contributed by atoms with Gasteiger partial charge in [-0.3, -0.25) is 0 Å². The van der Waals surface area contributed by atoms with Crippen molar-refractivity contribution in [1.29, 1.82) is 0 Å². The quantitative estimate of drug-likeness (QED) is 0.622. The third kappa shape index (κ3) is 8.76. The topological polar surface area (TPSA) is 24.5 Å². The molecule has 0 aliphatic rings. The molecule has 0 amide bonds. The van der Waals surface area contributed by atoms with E-state index in [0.29, 0.717) is 0 Å². The normalized spacial score (nSPS) is 11.1. The molecule has 0 unspecified atom stereocenters. The van der Waals surface area contributed by atoms with Crippen LogP contribution in [0, 0.1) is 0 Å². The van der Waals surface area contributed by atoms with Crippen molar-refractivity contribution in [2.75, 3.05) is 39.9 Å². The van der Waals surface area contributed by atoms with Crippen LogP contribution in [0.4, 0.5) is 0 Å². The van der Waals surface area contributed by atoms with Gasteiger partial charge in [-0.05, 0) is 38.5 Å². The second-order valence-electron chi connectivity index (χ2n) is 4.94. The van der Waals surface area contributed by atoms with Gasteiger partial charge in [-0.25, -0.2) is 0 Å². The molecule has 0 fully saturated rings. The molecule has 3 nitrogen and oxygen atoms in total. The molecule has 0 saturated heterocycles. The fourth-order valence-electron chi connectivity index (χ4n) is 1.96. The van der Waals surface area contributed by atoms with Crippen LogP contribution in [0.5, 0.6) is 0 Å². The van der Waals surface area contributed by atoms with Crippen LogP contribution in [0.25, 0.3) is 0 Å². The number of rotatable bonds is 11. The van der Waals surface area contributed by atoms with Gasteiger partial charge in [0.05, 0.1) is 6.61 Å². The molecule has 0 saturated carbocycles. The van der Waals surface area contributed by atoms with Crippen molar-refractivity contribution in [3.63, 3.8) is 0 Å². The number of hydrogen-bond acceptors (Lipinski definition) is 3. The number of nitrogens with one attached hydrogen (secondary N) is 1. The zero-order valence-electron chi connectivity index (χ0n) is 12.4. The SMILES string of the molecule is CCCOCCNCCCN(C)Cc1ccccc1. The van der Waals surface area contributed by atoms with Gasteiger partial charge in [0, 0.05) is 19.7 Å². The molecular formula is C16H28N2O. The summed E-state index contributed by atoms with van der Waals surface area (Å²) < 4.78 is 5.42. The Morgan fingerprint density at radius 2 is 1.89 bits per heavy atom. The average Bonchev–Trinajstić information content (AvgIpc) is 2.43. The van der Waals surface area contributed by atoms with Crippen molar-refractivity contribution in [1.82, 2.24) is 10.2 Å². The van der Waals surface area contributed by atoms with E-state index in [1.54, 1.807) is 0 Å². The Morgan fingerprint density at radius 3 is 2.63 bits per heavy atom. The lowest BCUT2D eigenvalue weighted by molar-refractivity contribution is 0.136. The Hall–Kier alpha value is -0.900. The predicted molar refractivity (Wildman–Crippen MR) is 81.4 cm³/mol. The average molecular weight is 264 g/mol. The molecular weight excluding hydrogens is 236 g/mol. The first-order valence-electron chi connectivity index (χ1n) is 7.34. The van der Waals surface area contributed by atoms with Gasteiger partial charge < -0.3 is 15.0 Å². The maximum Gasteiger partial charge on any atom is 0.0590 e. The molecule has 108 valence electrons. The molecule has 0 aliphatic carbocycles. The summed E-state index contributed by atoms with van der Waals surface area (Å²) in [5, 5.41) is 3.41. The summed E-state index contributed by atoms with van der Waals surface area (Å²) in [6, 6.07) is 10.6. The standard InChI is InChI=1S/C16H28N2O/c1-3-13-19-14-11-17-10-7-12-18(2)15-16-8-5-4-6-9-16/h4-6,8-9,17H,3,7,10-15H2,1-2H3. The number of nitrogens with zero attached hydrogens (tertiary/aromatic N) is 1. The molecule has 1 rings (SSSR count). The molecule has 0 aromatic heterocycles. The van der Waals surface area contributed by atoms with E-state index >= 15 is 0 Å². The van der Waals surface area contributed by atoms with Crippen molar-refractivity contribution in [2.24, 2.45) is 0 Å². The molecule has 1 N–H and O–H groups in total. The molecule has 1 aromatic carbocycles. The van der Waals surface area contributed by atoms with Crippen molar-refractivity contribution in [2.45, 2.75) is 26.3 Å². The van der Waals surface area contributed by atoms with Crippen LogP contribution < -0.4 is 5.32 Å². The van der Waals surface area contributed by atoms with Crippen LogP contribution in [-0.4, -0.2) is 44.8 Å². The molecule has 0 heterocycles. The lowest BCUT2D eigenvalue weighted by Crippen LogP contribution is -2.26.